The van der Waals surface area contributed by atoms with Crippen LogP contribution in [0.1, 0.15) is 6.92 Å². The van der Waals surface area contributed by atoms with Crippen LogP contribution in [0.2, 0.25) is 0 Å². The van der Waals surface area contributed by atoms with E-state index in [1.807, 2.05) is 6.92 Å². The third-order valence-corrected chi connectivity index (χ3v) is 2.28. The first kappa shape index (κ1) is 10.9. The Morgan fingerprint density at radius 1 is 1.71 bits per heavy atom. The van der Waals surface area contributed by atoms with Crippen LogP contribution in [0.25, 0.3) is 0 Å². The molecular weight excluding hydrogens is 250 g/mol. The molecule has 14 heavy (non-hydrogen) atoms. The zero-order valence-corrected chi connectivity index (χ0v) is 9.48. The number of nitro groups is 1. The highest BCUT2D eigenvalue weighted by atomic mass is 79.9. The van der Waals surface area contributed by atoms with Crippen molar-refractivity contribution in [1.82, 2.24) is 4.98 Å². The summed E-state index contributed by atoms with van der Waals surface area (Å²) in [6, 6.07) is 1.45. The molecule has 0 amide bonds. The third kappa shape index (κ3) is 2.20. The van der Waals surface area contributed by atoms with Gasteiger partial charge in [-0.2, -0.15) is 0 Å². The van der Waals surface area contributed by atoms with Gasteiger partial charge in [-0.25, -0.2) is 4.98 Å². The van der Waals surface area contributed by atoms with Crippen molar-refractivity contribution in [2.75, 3.05) is 18.5 Å². The zero-order chi connectivity index (χ0) is 10.7. The van der Waals surface area contributed by atoms with Crippen LogP contribution in [0, 0.1) is 10.1 Å². The van der Waals surface area contributed by atoms with Gasteiger partial charge in [-0.05, 0) is 22.9 Å². The van der Waals surface area contributed by atoms with Gasteiger partial charge in [-0.15, -0.1) is 0 Å². The molecule has 1 heterocycles. The third-order valence-electron chi connectivity index (χ3n) is 1.85. The minimum atomic E-state index is -0.431. The minimum Gasteiger partial charge on any atom is -0.354 e. The number of rotatable bonds is 3. The lowest BCUT2D eigenvalue weighted by molar-refractivity contribution is -0.384. The summed E-state index contributed by atoms with van der Waals surface area (Å²) in [6.07, 6.45) is 1.55. The van der Waals surface area contributed by atoms with Crippen molar-refractivity contribution in [2.24, 2.45) is 0 Å². The van der Waals surface area contributed by atoms with Crippen molar-refractivity contribution in [3.8, 4) is 0 Å². The molecule has 0 aliphatic carbocycles. The predicted molar refractivity (Wildman–Crippen MR) is 57.5 cm³/mol. The first-order valence-electron chi connectivity index (χ1n) is 4.07. The Morgan fingerprint density at radius 2 is 2.36 bits per heavy atom. The van der Waals surface area contributed by atoms with Crippen LogP contribution in [0.5, 0.6) is 0 Å². The molecular formula is C8H10BrN3O2. The van der Waals surface area contributed by atoms with E-state index in [0.29, 0.717) is 16.8 Å². The first-order valence-corrected chi connectivity index (χ1v) is 4.86. The summed E-state index contributed by atoms with van der Waals surface area (Å²) in [4.78, 5) is 16.0. The van der Waals surface area contributed by atoms with Gasteiger partial charge in [0.15, 0.2) is 0 Å². The van der Waals surface area contributed by atoms with Crippen LogP contribution < -0.4 is 4.90 Å². The van der Waals surface area contributed by atoms with Gasteiger partial charge in [0.05, 0.1) is 4.92 Å². The second kappa shape index (κ2) is 4.36. The molecule has 1 rings (SSSR count). The molecule has 0 spiro atoms. The summed E-state index contributed by atoms with van der Waals surface area (Å²) >= 11 is 3.15. The minimum absolute atomic E-state index is 0.0173. The summed E-state index contributed by atoms with van der Waals surface area (Å²) in [5, 5.41) is 10.7. The molecule has 0 saturated heterocycles. The molecule has 1 aromatic heterocycles. The van der Waals surface area contributed by atoms with Crippen LogP contribution in [0.15, 0.2) is 16.7 Å². The van der Waals surface area contributed by atoms with Crippen LogP contribution >= 0.6 is 15.9 Å². The summed E-state index contributed by atoms with van der Waals surface area (Å²) < 4.78 is 0.609. The van der Waals surface area contributed by atoms with Crippen molar-refractivity contribution in [2.45, 2.75) is 6.92 Å². The lowest BCUT2D eigenvalue weighted by Crippen LogP contribution is -2.18. The van der Waals surface area contributed by atoms with Gasteiger partial charge < -0.3 is 4.90 Å². The van der Waals surface area contributed by atoms with E-state index in [4.69, 9.17) is 0 Å². The SMILES string of the molecule is CCN(C)c1ncc(Br)cc1[N+](=O)[O-]. The van der Waals surface area contributed by atoms with Crippen molar-refractivity contribution >= 4 is 27.4 Å². The van der Waals surface area contributed by atoms with Crippen molar-refractivity contribution in [3.05, 3.63) is 26.9 Å². The largest absolute Gasteiger partial charge is 0.354 e. The summed E-state index contributed by atoms with van der Waals surface area (Å²) in [5.41, 5.74) is 0.0173. The van der Waals surface area contributed by atoms with E-state index < -0.39 is 4.92 Å². The van der Waals surface area contributed by atoms with E-state index >= 15 is 0 Å². The van der Waals surface area contributed by atoms with Gasteiger partial charge in [0.25, 0.3) is 0 Å². The van der Waals surface area contributed by atoms with Gasteiger partial charge in [-0.3, -0.25) is 10.1 Å². The van der Waals surface area contributed by atoms with Crippen molar-refractivity contribution in [3.63, 3.8) is 0 Å². The van der Waals surface area contributed by atoms with E-state index in [9.17, 15) is 10.1 Å². The molecule has 1 aromatic rings. The number of halogens is 1. The molecule has 6 heteroatoms. The van der Waals surface area contributed by atoms with Crippen molar-refractivity contribution in [1.29, 1.82) is 0 Å². The smallest absolute Gasteiger partial charge is 0.312 e. The number of hydrogen-bond acceptors (Lipinski definition) is 4. The summed E-state index contributed by atoms with van der Waals surface area (Å²) in [5.74, 6) is 0.390. The molecule has 0 saturated carbocycles. The molecule has 5 nitrogen and oxygen atoms in total. The molecule has 0 N–H and O–H groups in total. The molecule has 0 fully saturated rings. The van der Waals surface area contributed by atoms with Gasteiger partial charge >= 0.3 is 5.69 Å². The maximum atomic E-state index is 10.7. The van der Waals surface area contributed by atoms with Crippen LogP contribution in [-0.2, 0) is 0 Å². The molecule has 76 valence electrons. The van der Waals surface area contributed by atoms with Gasteiger partial charge in [0.2, 0.25) is 5.82 Å². The molecule has 0 aliphatic heterocycles. The highest BCUT2D eigenvalue weighted by molar-refractivity contribution is 9.10. The lowest BCUT2D eigenvalue weighted by Gasteiger charge is -2.14. The highest BCUT2D eigenvalue weighted by Crippen LogP contribution is 2.27. The molecule has 0 aliphatic rings. The zero-order valence-electron chi connectivity index (χ0n) is 7.90. The maximum Gasteiger partial charge on any atom is 0.312 e. The van der Waals surface area contributed by atoms with Gasteiger partial charge in [0.1, 0.15) is 0 Å². The lowest BCUT2D eigenvalue weighted by atomic mass is 10.3. The number of pyridine rings is 1. The number of aromatic nitrogens is 1. The van der Waals surface area contributed by atoms with E-state index in [1.165, 1.54) is 6.07 Å². The van der Waals surface area contributed by atoms with Crippen LogP contribution in [0.3, 0.4) is 0 Å². The number of anilines is 1. The number of nitrogens with zero attached hydrogens (tertiary/aromatic N) is 3. The van der Waals surface area contributed by atoms with E-state index in [0.717, 1.165) is 0 Å². The second-order valence-corrected chi connectivity index (χ2v) is 3.68. The Hall–Kier alpha value is -1.17. The Kier molecular flexibility index (Phi) is 3.40. The Morgan fingerprint density at radius 3 is 2.86 bits per heavy atom. The number of hydrogen-bond donors (Lipinski definition) is 0. The summed E-state index contributed by atoms with van der Waals surface area (Å²) in [7, 11) is 1.77. The average molecular weight is 260 g/mol. The molecule has 0 aromatic carbocycles. The topological polar surface area (TPSA) is 59.3 Å². The van der Waals surface area contributed by atoms with Crippen LogP contribution in [0.4, 0.5) is 11.5 Å². The Labute approximate surface area is 90.0 Å². The Bertz CT molecular complexity index is 356. The first-order chi connectivity index (χ1) is 6.56. The molecule has 0 atom stereocenters. The van der Waals surface area contributed by atoms with E-state index in [1.54, 1.807) is 18.1 Å². The quantitative estimate of drug-likeness (QED) is 0.617. The van der Waals surface area contributed by atoms with Crippen LogP contribution in [-0.4, -0.2) is 23.5 Å². The Balaban J connectivity index is 3.21. The molecule has 0 unspecified atom stereocenters. The standard InChI is InChI=1S/C8H10BrN3O2/c1-3-11(2)8-7(12(13)14)4-6(9)5-10-8/h4-5H,3H2,1-2H3. The summed E-state index contributed by atoms with van der Waals surface area (Å²) in [6.45, 7) is 2.59. The fourth-order valence-electron chi connectivity index (χ4n) is 1.000. The second-order valence-electron chi connectivity index (χ2n) is 2.77. The van der Waals surface area contributed by atoms with Gasteiger partial charge in [0, 0.05) is 30.3 Å². The fourth-order valence-corrected chi connectivity index (χ4v) is 1.32. The normalized spacial score (nSPS) is 9.93. The predicted octanol–water partition coefficient (Wildman–Crippen LogP) is 2.21. The molecule has 0 bridgehead atoms. The maximum absolute atomic E-state index is 10.7. The van der Waals surface area contributed by atoms with Gasteiger partial charge in [-0.1, -0.05) is 0 Å². The average Bonchev–Trinajstić information content (AvgIpc) is 2.16. The van der Waals surface area contributed by atoms with Crippen molar-refractivity contribution < 1.29 is 4.92 Å². The fraction of sp³-hybridized carbons (Fsp3) is 0.375. The highest BCUT2D eigenvalue weighted by Gasteiger charge is 2.18. The van der Waals surface area contributed by atoms with E-state index in [2.05, 4.69) is 20.9 Å². The molecule has 0 radical (unpaired) electrons. The van der Waals surface area contributed by atoms with E-state index in [-0.39, 0.29) is 5.69 Å². The monoisotopic (exact) mass is 259 g/mol.